The predicted molar refractivity (Wildman–Crippen MR) is 113 cm³/mol. The molecule has 5 heteroatoms. The topological polar surface area (TPSA) is 66.4 Å². The van der Waals surface area contributed by atoms with Crippen molar-refractivity contribution in [3.05, 3.63) is 0 Å². The predicted octanol–water partition coefficient (Wildman–Crippen LogP) is 5.28. The molecule has 0 aliphatic carbocycles. The number of nitrogens with one attached hydrogen (secondary N) is 1. The number of aliphatic carboxylic acids is 1. The molecule has 0 aromatic heterocycles. The number of carboxylic acid groups (broad SMARTS) is 1. The van der Waals surface area contributed by atoms with E-state index in [-0.39, 0.29) is 0 Å². The number of rotatable bonds is 20. The van der Waals surface area contributed by atoms with E-state index >= 15 is 0 Å². The Labute approximate surface area is 164 Å². The maximum absolute atomic E-state index is 11.1. The number of carbonyl (C=O) groups is 1. The molecule has 2 atom stereocenters. The van der Waals surface area contributed by atoms with Gasteiger partial charge in [0.1, 0.15) is 6.04 Å². The number of hydrogen-bond donors (Lipinski definition) is 2. The molecular formula is C21H43NO3S. The lowest BCUT2D eigenvalue weighted by molar-refractivity contribution is -0.139. The van der Waals surface area contributed by atoms with Crippen molar-refractivity contribution in [3.63, 3.8) is 0 Å². The largest absolute Gasteiger partial charge is 0.480 e. The fourth-order valence-corrected chi connectivity index (χ4v) is 3.76. The fraction of sp³-hybridized carbons (Fsp3) is 0.952. The van der Waals surface area contributed by atoms with Crippen LogP contribution in [0.5, 0.6) is 0 Å². The van der Waals surface area contributed by atoms with Gasteiger partial charge in [-0.15, -0.1) is 0 Å². The van der Waals surface area contributed by atoms with Gasteiger partial charge in [0, 0.05) is 22.8 Å². The number of carboxylic acids is 1. The fourth-order valence-electron chi connectivity index (χ4n) is 3.19. The molecule has 0 aromatic carbocycles. The van der Waals surface area contributed by atoms with Gasteiger partial charge in [-0.25, -0.2) is 0 Å². The Balaban J connectivity index is 3.32. The number of hydrogen-bond acceptors (Lipinski definition) is 3. The first-order valence-electron chi connectivity index (χ1n) is 10.8. The molecule has 26 heavy (non-hydrogen) atoms. The van der Waals surface area contributed by atoms with Crippen LogP contribution in [0, 0.1) is 0 Å². The van der Waals surface area contributed by atoms with Gasteiger partial charge in [-0.05, 0) is 19.4 Å². The van der Waals surface area contributed by atoms with Crippen LogP contribution < -0.4 is 5.32 Å². The Morgan fingerprint density at radius 2 is 1.27 bits per heavy atom. The van der Waals surface area contributed by atoms with Crippen molar-refractivity contribution >= 4 is 16.8 Å². The average molecular weight is 390 g/mol. The van der Waals surface area contributed by atoms with Crippen LogP contribution in [0.2, 0.25) is 0 Å². The zero-order valence-electron chi connectivity index (χ0n) is 17.3. The molecule has 0 bridgehead atoms. The molecule has 0 aliphatic heterocycles. The Kier molecular flexibility index (Phi) is 19.0. The van der Waals surface area contributed by atoms with Gasteiger partial charge in [-0.3, -0.25) is 9.00 Å². The van der Waals surface area contributed by atoms with E-state index in [4.69, 9.17) is 5.11 Å². The smallest absolute Gasteiger partial charge is 0.320 e. The minimum absolute atomic E-state index is 0.442. The van der Waals surface area contributed by atoms with Crippen LogP contribution in [0.25, 0.3) is 0 Å². The summed E-state index contributed by atoms with van der Waals surface area (Å²) in [6.07, 6.45) is 20.7. The van der Waals surface area contributed by atoms with E-state index in [1.165, 1.54) is 77.0 Å². The molecule has 0 fully saturated rings. The second kappa shape index (κ2) is 19.3. The van der Waals surface area contributed by atoms with Crippen LogP contribution in [0.15, 0.2) is 0 Å². The van der Waals surface area contributed by atoms with Crippen molar-refractivity contribution in [2.24, 2.45) is 0 Å². The summed E-state index contributed by atoms with van der Waals surface area (Å²) in [4.78, 5) is 11.1. The van der Waals surface area contributed by atoms with Crippen molar-refractivity contribution in [2.45, 2.75) is 109 Å². The monoisotopic (exact) mass is 389 g/mol. The van der Waals surface area contributed by atoms with Gasteiger partial charge in [0.05, 0.1) is 0 Å². The second-order valence-corrected chi connectivity index (χ2v) is 9.06. The van der Waals surface area contributed by atoms with Gasteiger partial charge >= 0.3 is 5.97 Å². The maximum Gasteiger partial charge on any atom is 0.320 e. The number of unbranched alkanes of at least 4 members (excludes halogenated alkanes) is 13. The molecule has 0 amide bonds. The first kappa shape index (κ1) is 25.6. The lowest BCUT2D eigenvalue weighted by Gasteiger charge is -2.13. The van der Waals surface area contributed by atoms with Crippen molar-refractivity contribution < 1.29 is 14.1 Å². The summed E-state index contributed by atoms with van der Waals surface area (Å²) in [5.41, 5.74) is 0. The quantitative estimate of drug-likeness (QED) is 0.278. The summed E-state index contributed by atoms with van der Waals surface area (Å²) in [6, 6.07) is -0.555. The summed E-state index contributed by atoms with van der Waals surface area (Å²) in [6.45, 7) is 3.01. The molecule has 0 aliphatic rings. The van der Waals surface area contributed by atoms with Crippen molar-refractivity contribution in [2.75, 3.05) is 18.6 Å². The molecule has 0 saturated heterocycles. The Hall–Kier alpha value is -0.420. The standard InChI is InChI=1S/C21H43NO3S/c1-3-4-5-6-7-8-9-10-11-12-13-14-15-16-18-22-20(21(23)24)17-19-26(2)25/h20,22H,3-19H2,1-2H3,(H,23,24)/t20-,26?/m0/s1. The van der Waals surface area contributed by atoms with E-state index in [9.17, 15) is 9.00 Å². The normalized spacial score (nSPS) is 13.6. The zero-order valence-corrected chi connectivity index (χ0v) is 18.1. The molecule has 2 N–H and O–H groups in total. The van der Waals surface area contributed by atoms with E-state index in [1.807, 2.05) is 0 Å². The van der Waals surface area contributed by atoms with Crippen molar-refractivity contribution in [3.8, 4) is 0 Å². The molecule has 156 valence electrons. The third-order valence-corrected chi connectivity index (χ3v) is 5.72. The zero-order chi connectivity index (χ0) is 19.5. The highest BCUT2D eigenvalue weighted by Gasteiger charge is 2.16. The molecule has 0 radical (unpaired) electrons. The highest BCUT2D eigenvalue weighted by Crippen LogP contribution is 2.12. The summed E-state index contributed by atoms with van der Waals surface area (Å²) >= 11 is 0. The highest BCUT2D eigenvalue weighted by molar-refractivity contribution is 7.84. The third kappa shape index (κ3) is 18.4. The van der Waals surface area contributed by atoms with Crippen LogP contribution in [0.3, 0.4) is 0 Å². The summed E-state index contributed by atoms with van der Waals surface area (Å²) in [5, 5.41) is 12.2. The highest BCUT2D eigenvalue weighted by atomic mass is 32.2. The summed E-state index contributed by atoms with van der Waals surface area (Å²) < 4.78 is 11.1. The first-order valence-corrected chi connectivity index (χ1v) is 12.6. The van der Waals surface area contributed by atoms with E-state index in [0.29, 0.717) is 12.2 Å². The van der Waals surface area contributed by atoms with E-state index in [1.54, 1.807) is 6.26 Å². The Morgan fingerprint density at radius 3 is 1.65 bits per heavy atom. The summed E-state index contributed by atoms with van der Waals surface area (Å²) in [5.74, 6) is -0.385. The molecule has 0 aromatic rings. The van der Waals surface area contributed by atoms with Crippen LogP contribution in [0.1, 0.15) is 103 Å². The molecule has 0 saturated carbocycles. The molecule has 0 spiro atoms. The van der Waals surface area contributed by atoms with Crippen molar-refractivity contribution in [1.82, 2.24) is 5.32 Å². The van der Waals surface area contributed by atoms with Gasteiger partial charge in [0.2, 0.25) is 0 Å². The van der Waals surface area contributed by atoms with Crippen LogP contribution in [0.4, 0.5) is 0 Å². The van der Waals surface area contributed by atoms with Gasteiger partial charge in [-0.2, -0.15) is 0 Å². The molecule has 1 unspecified atom stereocenters. The minimum Gasteiger partial charge on any atom is -0.480 e. The molecule has 0 rings (SSSR count). The second-order valence-electron chi connectivity index (χ2n) is 7.51. The first-order chi connectivity index (χ1) is 12.6. The van der Waals surface area contributed by atoms with Gasteiger partial charge in [0.25, 0.3) is 0 Å². The molecule has 4 nitrogen and oxygen atoms in total. The Bertz CT molecular complexity index is 350. The minimum atomic E-state index is -0.925. The summed E-state index contributed by atoms with van der Waals surface area (Å²) in [7, 11) is -0.925. The van der Waals surface area contributed by atoms with E-state index in [2.05, 4.69) is 12.2 Å². The van der Waals surface area contributed by atoms with Crippen LogP contribution in [-0.2, 0) is 15.6 Å². The lowest BCUT2D eigenvalue weighted by Crippen LogP contribution is -2.38. The molecular weight excluding hydrogens is 346 g/mol. The lowest BCUT2D eigenvalue weighted by atomic mass is 10.0. The SMILES string of the molecule is CCCCCCCCCCCCCCCCN[C@@H](CCS(C)=O)C(=O)O. The molecule has 0 heterocycles. The average Bonchev–Trinajstić information content (AvgIpc) is 2.60. The van der Waals surface area contributed by atoms with E-state index in [0.717, 1.165) is 19.4 Å². The van der Waals surface area contributed by atoms with Gasteiger partial charge in [-0.1, -0.05) is 90.4 Å². The maximum atomic E-state index is 11.1. The Morgan fingerprint density at radius 1 is 0.846 bits per heavy atom. The van der Waals surface area contributed by atoms with E-state index < -0.39 is 22.8 Å². The van der Waals surface area contributed by atoms with Gasteiger partial charge in [0.15, 0.2) is 0 Å². The third-order valence-electron chi connectivity index (χ3n) is 4.91. The van der Waals surface area contributed by atoms with Crippen molar-refractivity contribution in [1.29, 1.82) is 0 Å². The van der Waals surface area contributed by atoms with Gasteiger partial charge < -0.3 is 10.4 Å². The van der Waals surface area contributed by atoms with Crippen LogP contribution in [-0.4, -0.2) is 39.9 Å². The van der Waals surface area contributed by atoms with Crippen LogP contribution >= 0.6 is 0 Å².